The van der Waals surface area contributed by atoms with Gasteiger partial charge in [0.2, 0.25) is 5.91 Å². The van der Waals surface area contributed by atoms with Crippen molar-refractivity contribution in [1.29, 1.82) is 0 Å². The summed E-state index contributed by atoms with van der Waals surface area (Å²) in [4.78, 5) is 30.0. The van der Waals surface area contributed by atoms with Crippen molar-refractivity contribution in [3.63, 3.8) is 0 Å². The summed E-state index contributed by atoms with van der Waals surface area (Å²) in [6.45, 7) is 2.49. The van der Waals surface area contributed by atoms with Gasteiger partial charge in [-0.25, -0.2) is 4.98 Å². The lowest BCUT2D eigenvalue weighted by molar-refractivity contribution is -0.128. The molecular formula is C18H22N4O2S. The summed E-state index contributed by atoms with van der Waals surface area (Å²) in [6.07, 6.45) is 2.30. The van der Waals surface area contributed by atoms with Gasteiger partial charge in [-0.2, -0.15) is 0 Å². The minimum Gasteiger partial charge on any atom is -0.347 e. The van der Waals surface area contributed by atoms with Crippen molar-refractivity contribution in [2.45, 2.75) is 32.4 Å². The van der Waals surface area contributed by atoms with Crippen LogP contribution in [0.2, 0.25) is 0 Å². The summed E-state index contributed by atoms with van der Waals surface area (Å²) >= 11 is 1.46. The topological polar surface area (TPSA) is 88.3 Å². The molecule has 132 valence electrons. The Morgan fingerprint density at radius 1 is 1.28 bits per heavy atom. The molecular weight excluding hydrogens is 336 g/mol. The van der Waals surface area contributed by atoms with Gasteiger partial charge in [-0.3, -0.25) is 9.59 Å². The highest BCUT2D eigenvalue weighted by Gasteiger charge is 2.19. The predicted molar refractivity (Wildman–Crippen MR) is 97.1 cm³/mol. The fourth-order valence-electron chi connectivity index (χ4n) is 2.78. The smallest absolute Gasteiger partial charge is 0.271 e. The normalized spacial score (nSPS) is 14.1. The predicted octanol–water partition coefficient (Wildman–Crippen LogP) is 1.70. The van der Waals surface area contributed by atoms with Crippen LogP contribution in [0.4, 0.5) is 0 Å². The number of hydrogen-bond donors (Lipinski definition) is 2. The van der Waals surface area contributed by atoms with E-state index in [4.69, 9.17) is 5.73 Å². The first-order valence-corrected chi connectivity index (χ1v) is 9.32. The molecule has 2 aromatic rings. The summed E-state index contributed by atoms with van der Waals surface area (Å²) in [5, 5.41) is 5.52. The number of nitrogens with two attached hydrogens (primary N) is 1. The second-order valence-electron chi connectivity index (χ2n) is 6.08. The fourth-order valence-corrected chi connectivity index (χ4v) is 3.57. The monoisotopic (exact) mass is 358 g/mol. The summed E-state index contributed by atoms with van der Waals surface area (Å²) in [5.74, 6) is 0.0554. The van der Waals surface area contributed by atoms with Crippen LogP contribution < -0.4 is 11.1 Å². The molecule has 3 rings (SSSR count). The van der Waals surface area contributed by atoms with Crippen molar-refractivity contribution in [2.75, 3.05) is 13.1 Å². The number of benzene rings is 1. The van der Waals surface area contributed by atoms with Crippen LogP contribution in [0.25, 0.3) is 0 Å². The molecule has 1 aliphatic rings. The van der Waals surface area contributed by atoms with Crippen LogP contribution in [0.1, 0.15) is 39.5 Å². The SMILES string of the molecule is NCCc1nc(C(=O)NCc2ccc(CN3CCCC3=O)cc2)cs1. The summed E-state index contributed by atoms with van der Waals surface area (Å²) in [5.41, 5.74) is 8.06. The second-order valence-corrected chi connectivity index (χ2v) is 7.03. The van der Waals surface area contributed by atoms with Crippen molar-refractivity contribution in [2.24, 2.45) is 5.73 Å². The Morgan fingerprint density at radius 2 is 2.04 bits per heavy atom. The Kier molecular flexibility index (Phi) is 5.78. The van der Waals surface area contributed by atoms with Crippen LogP contribution in [0, 0.1) is 0 Å². The molecule has 1 aromatic carbocycles. The van der Waals surface area contributed by atoms with Crippen molar-refractivity contribution >= 4 is 23.2 Å². The van der Waals surface area contributed by atoms with Gasteiger partial charge in [-0.05, 0) is 24.1 Å². The molecule has 0 radical (unpaired) electrons. The number of carbonyl (C=O) groups is 2. The van der Waals surface area contributed by atoms with Crippen LogP contribution in [-0.4, -0.2) is 34.8 Å². The summed E-state index contributed by atoms with van der Waals surface area (Å²) in [6, 6.07) is 7.98. The summed E-state index contributed by atoms with van der Waals surface area (Å²) < 4.78 is 0. The first-order chi connectivity index (χ1) is 12.2. The minimum atomic E-state index is -0.175. The first-order valence-electron chi connectivity index (χ1n) is 8.44. The number of rotatable bonds is 7. The zero-order valence-corrected chi connectivity index (χ0v) is 14.8. The third kappa shape index (κ3) is 4.64. The number of amides is 2. The van der Waals surface area contributed by atoms with E-state index in [2.05, 4.69) is 10.3 Å². The van der Waals surface area contributed by atoms with Crippen LogP contribution in [0.15, 0.2) is 29.6 Å². The van der Waals surface area contributed by atoms with E-state index in [9.17, 15) is 9.59 Å². The van der Waals surface area contributed by atoms with E-state index in [1.165, 1.54) is 11.3 Å². The average molecular weight is 358 g/mol. The number of likely N-dealkylation sites (tertiary alicyclic amines) is 1. The number of nitrogens with zero attached hydrogens (tertiary/aromatic N) is 2. The Labute approximate surface area is 151 Å². The molecule has 6 nitrogen and oxygen atoms in total. The van der Waals surface area contributed by atoms with Gasteiger partial charge in [-0.1, -0.05) is 24.3 Å². The van der Waals surface area contributed by atoms with E-state index in [-0.39, 0.29) is 11.8 Å². The minimum absolute atomic E-state index is 0.175. The number of nitrogens with one attached hydrogen (secondary N) is 1. The van der Waals surface area contributed by atoms with Crippen molar-refractivity contribution < 1.29 is 9.59 Å². The zero-order valence-electron chi connectivity index (χ0n) is 14.0. The molecule has 0 spiro atoms. The molecule has 0 atom stereocenters. The van der Waals surface area contributed by atoms with Crippen molar-refractivity contribution in [3.8, 4) is 0 Å². The van der Waals surface area contributed by atoms with Gasteiger partial charge in [0, 0.05) is 37.9 Å². The highest BCUT2D eigenvalue weighted by molar-refractivity contribution is 7.09. The molecule has 1 aliphatic heterocycles. The lowest BCUT2D eigenvalue weighted by Gasteiger charge is -2.15. The second kappa shape index (κ2) is 8.22. The molecule has 2 amide bonds. The van der Waals surface area contributed by atoms with Gasteiger partial charge in [-0.15, -0.1) is 11.3 Å². The van der Waals surface area contributed by atoms with Crippen LogP contribution in [-0.2, 0) is 24.3 Å². The standard InChI is InChI=1S/C18H22N4O2S/c19-8-7-16-21-15(12-25-16)18(24)20-10-13-3-5-14(6-4-13)11-22-9-1-2-17(22)23/h3-6,12H,1-2,7-11,19H2,(H,20,24). The van der Waals surface area contributed by atoms with Gasteiger partial charge < -0.3 is 16.0 Å². The van der Waals surface area contributed by atoms with Crippen LogP contribution in [0.5, 0.6) is 0 Å². The van der Waals surface area contributed by atoms with Gasteiger partial charge >= 0.3 is 0 Å². The highest BCUT2D eigenvalue weighted by atomic mass is 32.1. The van der Waals surface area contributed by atoms with Crippen molar-refractivity contribution in [1.82, 2.24) is 15.2 Å². The molecule has 1 aromatic heterocycles. The maximum absolute atomic E-state index is 12.1. The fraction of sp³-hybridized carbons (Fsp3) is 0.389. The molecule has 3 N–H and O–H groups in total. The molecule has 0 saturated carbocycles. The van der Waals surface area contributed by atoms with E-state index in [0.29, 0.717) is 38.2 Å². The quantitative estimate of drug-likeness (QED) is 0.788. The molecule has 7 heteroatoms. The lowest BCUT2D eigenvalue weighted by Crippen LogP contribution is -2.24. The number of hydrogen-bond acceptors (Lipinski definition) is 5. The highest BCUT2D eigenvalue weighted by Crippen LogP contribution is 2.15. The molecule has 0 bridgehead atoms. The van der Waals surface area contributed by atoms with Gasteiger partial charge in [0.25, 0.3) is 5.91 Å². The summed E-state index contributed by atoms with van der Waals surface area (Å²) in [7, 11) is 0. The lowest BCUT2D eigenvalue weighted by atomic mass is 10.1. The Bertz CT molecular complexity index is 742. The number of thiazole rings is 1. The zero-order chi connectivity index (χ0) is 17.6. The molecule has 25 heavy (non-hydrogen) atoms. The van der Waals surface area contributed by atoms with E-state index < -0.39 is 0 Å². The Hall–Kier alpha value is -2.25. The number of carbonyl (C=O) groups excluding carboxylic acids is 2. The molecule has 0 unspecified atom stereocenters. The van der Waals surface area contributed by atoms with Crippen LogP contribution >= 0.6 is 11.3 Å². The van der Waals surface area contributed by atoms with Crippen LogP contribution in [0.3, 0.4) is 0 Å². The average Bonchev–Trinajstić information content (AvgIpc) is 3.24. The van der Waals surface area contributed by atoms with Gasteiger partial charge in [0.15, 0.2) is 0 Å². The van der Waals surface area contributed by atoms with Gasteiger partial charge in [0.05, 0.1) is 5.01 Å². The molecule has 1 fully saturated rings. The molecule has 1 saturated heterocycles. The van der Waals surface area contributed by atoms with E-state index in [1.807, 2.05) is 29.2 Å². The molecule has 2 heterocycles. The van der Waals surface area contributed by atoms with E-state index in [1.54, 1.807) is 5.38 Å². The van der Waals surface area contributed by atoms with Gasteiger partial charge in [0.1, 0.15) is 5.69 Å². The third-order valence-corrected chi connectivity index (χ3v) is 5.07. The largest absolute Gasteiger partial charge is 0.347 e. The number of aromatic nitrogens is 1. The van der Waals surface area contributed by atoms with E-state index in [0.717, 1.165) is 29.1 Å². The maximum Gasteiger partial charge on any atom is 0.271 e. The van der Waals surface area contributed by atoms with Crippen molar-refractivity contribution in [3.05, 3.63) is 51.5 Å². The molecule has 0 aliphatic carbocycles. The Balaban J connectivity index is 1.50. The first kappa shape index (κ1) is 17.6. The maximum atomic E-state index is 12.1. The third-order valence-electron chi connectivity index (χ3n) is 4.16. The van der Waals surface area contributed by atoms with E-state index >= 15 is 0 Å². The Morgan fingerprint density at radius 3 is 2.72 bits per heavy atom.